The van der Waals surface area contributed by atoms with E-state index in [9.17, 15) is 15.1 Å². The van der Waals surface area contributed by atoms with Crippen molar-refractivity contribution in [2.75, 3.05) is 20.1 Å². The van der Waals surface area contributed by atoms with Crippen LogP contribution in [0.4, 0.5) is 0 Å². The third-order valence-electron chi connectivity index (χ3n) is 5.73. The van der Waals surface area contributed by atoms with Crippen LogP contribution in [0.3, 0.4) is 0 Å². The van der Waals surface area contributed by atoms with Gasteiger partial charge in [0.25, 0.3) is 0 Å². The van der Waals surface area contributed by atoms with Gasteiger partial charge in [-0.25, -0.2) is 0 Å². The summed E-state index contributed by atoms with van der Waals surface area (Å²) in [4.78, 5) is 12.8. The van der Waals surface area contributed by atoms with Gasteiger partial charge in [0.1, 0.15) is 0 Å². The summed E-state index contributed by atoms with van der Waals surface area (Å²) in [5.41, 5.74) is 0.650. The monoisotopic (exact) mass is 291 g/mol. The zero-order valence-electron chi connectivity index (χ0n) is 12.9. The Kier molecular flexibility index (Phi) is 3.59. The van der Waals surface area contributed by atoms with E-state index in [4.69, 9.17) is 0 Å². The van der Waals surface area contributed by atoms with Gasteiger partial charge in [-0.2, -0.15) is 0 Å². The van der Waals surface area contributed by atoms with Gasteiger partial charge in [-0.1, -0.05) is 11.6 Å². The molecule has 1 saturated carbocycles. The summed E-state index contributed by atoms with van der Waals surface area (Å²) in [5.74, 6) is 0.269. The number of allylic oxidation sites excluding steroid dienone is 2. The first-order valence-electron chi connectivity index (χ1n) is 7.97. The number of ketones is 1. The Bertz CT molecular complexity index is 508. The van der Waals surface area contributed by atoms with E-state index in [0.29, 0.717) is 19.5 Å². The van der Waals surface area contributed by atoms with Crippen molar-refractivity contribution in [2.24, 2.45) is 17.3 Å². The number of aliphatic hydroxyl groups is 1. The first-order valence-corrected chi connectivity index (χ1v) is 7.97. The number of aliphatic hydroxyl groups excluding tert-OH is 1. The Labute approximate surface area is 126 Å². The molecule has 4 heteroatoms. The summed E-state index contributed by atoms with van der Waals surface area (Å²) < 4.78 is -0.289. The molecule has 1 aliphatic heterocycles. The lowest BCUT2D eigenvalue weighted by Crippen LogP contribution is -2.43. The molecule has 0 aromatic rings. The zero-order valence-corrected chi connectivity index (χ0v) is 12.9. The Morgan fingerprint density at radius 1 is 1.48 bits per heavy atom. The van der Waals surface area contributed by atoms with Crippen molar-refractivity contribution in [3.8, 4) is 0 Å². The molecule has 0 amide bonds. The van der Waals surface area contributed by atoms with Crippen molar-refractivity contribution in [1.82, 2.24) is 0 Å². The fourth-order valence-corrected chi connectivity index (χ4v) is 4.72. The number of carbonyl (C=O) groups is 1. The van der Waals surface area contributed by atoms with E-state index in [1.807, 2.05) is 19.1 Å². The molecule has 0 aromatic heterocycles. The number of hydroxylamine groups is 3. The van der Waals surface area contributed by atoms with Crippen molar-refractivity contribution < 1.29 is 14.5 Å². The largest absolute Gasteiger partial charge is 0.633 e. The summed E-state index contributed by atoms with van der Waals surface area (Å²) in [6.45, 7) is 2.96. The number of hydrogen-bond donors (Lipinski definition) is 1. The summed E-state index contributed by atoms with van der Waals surface area (Å²) in [7, 11) is 1.68. The third-order valence-corrected chi connectivity index (χ3v) is 5.73. The minimum atomic E-state index is -0.472. The number of quaternary nitrogens is 1. The van der Waals surface area contributed by atoms with E-state index >= 15 is 0 Å². The molecule has 0 radical (unpaired) electrons. The van der Waals surface area contributed by atoms with E-state index in [1.54, 1.807) is 13.1 Å². The third kappa shape index (κ3) is 2.39. The van der Waals surface area contributed by atoms with Gasteiger partial charge in [-0.15, -0.1) is 0 Å². The highest BCUT2D eigenvalue weighted by Crippen LogP contribution is 2.56. The normalized spacial score (nSPS) is 48.5. The van der Waals surface area contributed by atoms with Crippen LogP contribution in [0.15, 0.2) is 23.8 Å². The highest BCUT2D eigenvalue weighted by Gasteiger charge is 2.58. The molecule has 2 aliphatic carbocycles. The number of rotatable bonds is 0. The fraction of sp³-hybridized carbons (Fsp3) is 0.706. The molecule has 3 rings (SSSR count). The molecule has 1 unspecified atom stereocenters. The Morgan fingerprint density at radius 2 is 2.24 bits per heavy atom. The number of carbonyl (C=O) groups excluding carboxylic acids is 1. The van der Waals surface area contributed by atoms with Gasteiger partial charge < -0.3 is 15.0 Å². The predicted octanol–water partition coefficient (Wildman–Crippen LogP) is 2.18. The second-order valence-corrected chi connectivity index (χ2v) is 7.36. The quantitative estimate of drug-likeness (QED) is 0.423. The Hall–Kier alpha value is -0.970. The van der Waals surface area contributed by atoms with Crippen molar-refractivity contribution in [3.05, 3.63) is 29.0 Å². The predicted molar refractivity (Wildman–Crippen MR) is 81.1 cm³/mol. The van der Waals surface area contributed by atoms with Crippen LogP contribution in [0.25, 0.3) is 0 Å². The molecule has 0 bridgehead atoms. The molecule has 4 nitrogen and oxygen atoms in total. The van der Waals surface area contributed by atoms with Crippen LogP contribution in [-0.2, 0) is 4.79 Å². The van der Waals surface area contributed by atoms with Crippen LogP contribution < -0.4 is 0 Å². The minimum Gasteiger partial charge on any atom is -0.633 e. The molecule has 21 heavy (non-hydrogen) atoms. The molecule has 1 fully saturated rings. The maximum absolute atomic E-state index is 12.8. The summed E-state index contributed by atoms with van der Waals surface area (Å²) in [6.07, 6.45) is 8.23. The first kappa shape index (κ1) is 14.9. The fourth-order valence-electron chi connectivity index (χ4n) is 4.72. The molecule has 1 spiro atoms. The molecule has 5 atom stereocenters. The second-order valence-electron chi connectivity index (χ2n) is 7.36. The second kappa shape index (κ2) is 5.04. The van der Waals surface area contributed by atoms with Crippen LogP contribution in [0, 0.1) is 22.5 Å². The summed E-state index contributed by atoms with van der Waals surface area (Å²) >= 11 is 0. The molecular weight excluding hydrogens is 266 g/mol. The maximum Gasteiger partial charge on any atom is 0.162 e. The van der Waals surface area contributed by atoms with E-state index in [0.717, 1.165) is 24.8 Å². The molecular formula is C17H25NO3. The van der Waals surface area contributed by atoms with Crippen LogP contribution >= 0.6 is 0 Å². The van der Waals surface area contributed by atoms with E-state index in [-0.39, 0.29) is 22.3 Å². The van der Waals surface area contributed by atoms with Gasteiger partial charge in [-0.05, 0) is 50.7 Å². The number of likely N-dealkylation sites (N-methyl/N-ethyl adjacent to an activating group) is 1. The van der Waals surface area contributed by atoms with Gasteiger partial charge in [-0.3, -0.25) is 4.79 Å². The van der Waals surface area contributed by atoms with Crippen LogP contribution in [0.1, 0.15) is 32.6 Å². The highest BCUT2D eigenvalue weighted by atomic mass is 16.5. The smallest absolute Gasteiger partial charge is 0.162 e. The van der Waals surface area contributed by atoms with E-state index < -0.39 is 11.5 Å². The molecule has 3 aliphatic rings. The molecule has 116 valence electrons. The molecule has 0 saturated heterocycles. The van der Waals surface area contributed by atoms with Crippen molar-refractivity contribution >= 4 is 5.78 Å². The molecule has 0 aromatic carbocycles. The van der Waals surface area contributed by atoms with Gasteiger partial charge in [0.2, 0.25) is 0 Å². The lowest BCUT2D eigenvalue weighted by molar-refractivity contribution is -0.854. The van der Waals surface area contributed by atoms with Crippen LogP contribution in [0.5, 0.6) is 0 Å². The van der Waals surface area contributed by atoms with E-state index in [2.05, 4.69) is 0 Å². The SMILES string of the molecule is CC1=CC(=O)[C@]23CCC[N+](C)([O-])C/C=C\[C@H]2[C@H](O)C[C@@H]3C1. The standard InChI is InChI=1S/C17H25NO3/c1-12-9-13-11-15(19)14-5-3-7-18(2,21)8-4-6-17(13,14)16(20)10-12/h3,5,10,13-15,19H,4,6-9,11H2,1-2H3/b5-3-/t13-,14-,15+,17-,18?/m0/s1. The summed E-state index contributed by atoms with van der Waals surface area (Å²) in [6, 6.07) is 0. The van der Waals surface area contributed by atoms with Gasteiger partial charge in [0.15, 0.2) is 5.78 Å². The van der Waals surface area contributed by atoms with E-state index in [1.165, 1.54) is 0 Å². The first-order chi connectivity index (χ1) is 9.85. The van der Waals surface area contributed by atoms with Gasteiger partial charge in [0, 0.05) is 11.3 Å². The average molecular weight is 291 g/mol. The van der Waals surface area contributed by atoms with Crippen molar-refractivity contribution in [3.63, 3.8) is 0 Å². The average Bonchev–Trinajstić information content (AvgIpc) is 2.66. The maximum atomic E-state index is 12.8. The Balaban J connectivity index is 2.01. The topological polar surface area (TPSA) is 60.4 Å². The molecule has 1 N–H and O–H groups in total. The Morgan fingerprint density at radius 3 is 3.00 bits per heavy atom. The van der Waals surface area contributed by atoms with Crippen molar-refractivity contribution in [1.29, 1.82) is 0 Å². The van der Waals surface area contributed by atoms with Crippen molar-refractivity contribution in [2.45, 2.75) is 38.7 Å². The number of nitrogens with zero attached hydrogens (tertiary/aromatic N) is 1. The lowest BCUT2D eigenvalue weighted by atomic mass is 9.61. The zero-order chi connectivity index (χ0) is 15.3. The van der Waals surface area contributed by atoms with Gasteiger partial charge in [0.05, 0.1) is 26.2 Å². The molecule has 1 heterocycles. The highest BCUT2D eigenvalue weighted by molar-refractivity contribution is 5.97. The van der Waals surface area contributed by atoms with Gasteiger partial charge >= 0.3 is 0 Å². The minimum absolute atomic E-state index is 0.127. The number of hydrogen-bond acceptors (Lipinski definition) is 3. The lowest BCUT2D eigenvalue weighted by Gasteiger charge is -2.41. The van der Waals surface area contributed by atoms with Crippen LogP contribution in [0.2, 0.25) is 0 Å². The summed E-state index contributed by atoms with van der Waals surface area (Å²) in [5, 5.41) is 22.8. The van der Waals surface area contributed by atoms with Crippen LogP contribution in [-0.4, -0.2) is 41.8 Å².